The predicted molar refractivity (Wildman–Crippen MR) is 93.5 cm³/mol. The number of halogens is 6. The molecule has 0 atom stereocenters. The van der Waals surface area contributed by atoms with Crippen molar-refractivity contribution in [2.24, 2.45) is 0 Å². The quantitative estimate of drug-likeness (QED) is 0.644. The summed E-state index contributed by atoms with van der Waals surface area (Å²) in [6.07, 6.45) is -12.0. The van der Waals surface area contributed by atoms with Crippen molar-refractivity contribution in [3.8, 4) is 0 Å². The molecular formula is C16H15F6N3O4S. The van der Waals surface area contributed by atoms with Gasteiger partial charge in [-0.15, -0.1) is 11.3 Å². The van der Waals surface area contributed by atoms with E-state index in [-0.39, 0.29) is 19.7 Å². The van der Waals surface area contributed by atoms with Crippen LogP contribution in [0.1, 0.15) is 23.8 Å². The molecule has 3 heterocycles. The van der Waals surface area contributed by atoms with Crippen LogP contribution in [-0.2, 0) is 30.5 Å². The first-order valence-electron chi connectivity index (χ1n) is 8.69. The van der Waals surface area contributed by atoms with E-state index < -0.39 is 69.9 Å². The minimum Gasteiger partial charge on any atom is -0.448 e. The number of aromatic nitrogens is 2. The van der Waals surface area contributed by atoms with Gasteiger partial charge in [-0.2, -0.15) is 26.3 Å². The van der Waals surface area contributed by atoms with Gasteiger partial charge in [0, 0.05) is 18.0 Å². The molecule has 0 saturated carbocycles. The number of ether oxygens (including phenoxy) is 1. The molecule has 0 aliphatic carbocycles. The summed E-state index contributed by atoms with van der Waals surface area (Å²) in [6, 6.07) is 0. The summed E-state index contributed by atoms with van der Waals surface area (Å²) in [5.41, 5.74) is -3.71. The van der Waals surface area contributed by atoms with Crippen molar-refractivity contribution in [2.75, 3.05) is 13.2 Å². The van der Waals surface area contributed by atoms with Crippen molar-refractivity contribution in [3.63, 3.8) is 0 Å². The zero-order valence-electron chi connectivity index (χ0n) is 15.4. The van der Waals surface area contributed by atoms with Crippen molar-refractivity contribution in [2.45, 2.75) is 45.3 Å². The van der Waals surface area contributed by atoms with Crippen LogP contribution in [0.15, 0.2) is 9.59 Å². The lowest BCUT2D eigenvalue weighted by atomic mass is 10.1. The zero-order chi connectivity index (χ0) is 22.4. The minimum absolute atomic E-state index is 0.0183. The number of fused-ring (bicyclic) bond motifs is 1. The van der Waals surface area contributed by atoms with E-state index >= 15 is 0 Å². The van der Waals surface area contributed by atoms with E-state index in [4.69, 9.17) is 0 Å². The lowest BCUT2D eigenvalue weighted by molar-refractivity contribution is -0.138. The molecule has 0 N–H and O–H groups in total. The number of nitrogens with zero attached hydrogens (tertiary/aromatic N) is 3. The first-order valence-corrected chi connectivity index (χ1v) is 9.51. The van der Waals surface area contributed by atoms with Gasteiger partial charge in [-0.3, -0.25) is 18.8 Å². The molecule has 7 nitrogen and oxygen atoms in total. The van der Waals surface area contributed by atoms with Crippen molar-refractivity contribution >= 4 is 27.6 Å². The number of amides is 1. The number of hydrogen-bond donors (Lipinski definition) is 0. The van der Waals surface area contributed by atoms with Crippen LogP contribution in [0.3, 0.4) is 0 Å². The summed E-state index contributed by atoms with van der Waals surface area (Å²) in [5.74, 6) is 0. The van der Waals surface area contributed by atoms with Gasteiger partial charge in [0.25, 0.3) is 5.56 Å². The second-order valence-electron chi connectivity index (χ2n) is 6.46. The van der Waals surface area contributed by atoms with E-state index in [9.17, 15) is 40.7 Å². The third-order valence-corrected chi connectivity index (χ3v) is 5.72. The molecule has 0 aromatic carbocycles. The highest BCUT2D eigenvalue weighted by Crippen LogP contribution is 2.41. The van der Waals surface area contributed by atoms with Crippen LogP contribution in [0.4, 0.5) is 31.1 Å². The van der Waals surface area contributed by atoms with Crippen LogP contribution >= 0.6 is 11.3 Å². The van der Waals surface area contributed by atoms with Crippen molar-refractivity contribution < 1.29 is 35.9 Å². The largest absolute Gasteiger partial charge is 0.448 e. The number of cyclic esters (lactones) is 1. The monoisotopic (exact) mass is 459 g/mol. The molecule has 166 valence electrons. The van der Waals surface area contributed by atoms with Gasteiger partial charge in [0.1, 0.15) is 11.4 Å². The highest BCUT2D eigenvalue weighted by atomic mass is 32.1. The first-order chi connectivity index (χ1) is 13.8. The van der Waals surface area contributed by atoms with Crippen LogP contribution < -0.4 is 11.2 Å². The lowest BCUT2D eigenvalue weighted by Gasteiger charge is -2.14. The fourth-order valence-electron chi connectivity index (χ4n) is 3.18. The Balaban J connectivity index is 2.30. The van der Waals surface area contributed by atoms with Crippen LogP contribution in [-0.4, -0.2) is 39.5 Å². The maximum Gasteiger partial charge on any atom is 0.418 e. The molecule has 1 saturated heterocycles. The Morgan fingerprint density at radius 3 is 2.23 bits per heavy atom. The molecule has 3 rings (SSSR count). The smallest absolute Gasteiger partial charge is 0.418 e. The third kappa shape index (κ3) is 4.04. The summed E-state index contributed by atoms with van der Waals surface area (Å²) in [6.45, 7) is -0.493. The summed E-state index contributed by atoms with van der Waals surface area (Å²) in [5, 5.41) is -0.876. The lowest BCUT2D eigenvalue weighted by Crippen LogP contribution is -2.40. The second-order valence-corrected chi connectivity index (χ2v) is 7.55. The maximum atomic E-state index is 13.9. The summed E-state index contributed by atoms with van der Waals surface area (Å²) >= 11 is 0.377. The van der Waals surface area contributed by atoms with Crippen molar-refractivity contribution in [1.82, 2.24) is 14.0 Å². The van der Waals surface area contributed by atoms with Gasteiger partial charge in [0.2, 0.25) is 0 Å². The van der Waals surface area contributed by atoms with Gasteiger partial charge >= 0.3 is 24.1 Å². The van der Waals surface area contributed by atoms with Crippen LogP contribution in [0.5, 0.6) is 0 Å². The zero-order valence-corrected chi connectivity index (χ0v) is 16.2. The van der Waals surface area contributed by atoms with Crippen LogP contribution in [0.25, 0.3) is 10.2 Å². The molecule has 0 radical (unpaired) electrons. The van der Waals surface area contributed by atoms with Gasteiger partial charge in [-0.1, -0.05) is 0 Å². The molecule has 1 amide bonds. The van der Waals surface area contributed by atoms with Gasteiger partial charge in [-0.25, -0.2) is 9.59 Å². The molecule has 2 aromatic heterocycles. The molecular weight excluding hydrogens is 444 g/mol. The van der Waals surface area contributed by atoms with Crippen LogP contribution in [0.2, 0.25) is 0 Å². The molecule has 0 unspecified atom stereocenters. The fourth-order valence-corrected chi connectivity index (χ4v) is 4.52. The molecule has 0 spiro atoms. The van der Waals surface area contributed by atoms with E-state index in [1.807, 2.05) is 0 Å². The van der Waals surface area contributed by atoms with Crippen molar-refractivity contribution in [3.05, 3.63) is 31.3 Å². The summed E-state index contributed by atoms with van der Waals surface area (Å²) in [4.78, 5) is 36.8. The number of hydrogen-bond acceptors (Lipinski definition) is 5. The second kappa shape index (κ2) is 7.63. The Morgan fingerprint density at radius 2 is 1.73 bits per heavy atom. The fraction of sp³-hybridized carbons (Fsp3) is 0.562. The third-order valence-electron chi connectivity index (χ3n) is 4.53. The summed E-state index contributed by atoms with van der Waals surface area (Å²) in [7, 11) is 0. The van der Waals surface area contributed by atoms with E-state index in [1.54, 1.807) is 0 Å². The van der Waals surface area contributed by atoms with Gasteiger partial charge in [0.05, 0.1) is 30.5 Å². The van der Waals surface area contributed by atoms with Crippen LogP contribution in [0, 0.1) is 0 Å². The van der Waals surface area contributed by atoms with Crippen molar-refractivity contribution in [1.29, 1.82) is 0 Å². The molecule has 14 heteroatoms. The molecule has 2 aromatic rings. The SMILES string of the molecule is CCn1c(=O)c2c(C(F)(F)F)c(CN3CCOC3=O)sc2n(CCC(F)(F)F)c1=O. The van der Waals surface area contributed by atoms with E-state index in [0.717, 1.165) is 4.90 Å². The van der Waals surface area contributed by atoms with E-state index in [0.29, 0.717) is 20.5 Å². The highest BCUT2D eigenvalue weighted by molar-refractivity contribution is 7.18. The number of carbonyl (C=O) groups is 1. The first kappa shape index (κ1) is 22.2. The Labute approximate surface area is 168 Å². The average molecular weight is 459 g/mol. The van der Waals surface area contributed by atoms with Gasteiger partial charge in [0.15, 0.2) is 0 Å². The molecule has 30 heavy (non-hydrogen) atoms. The standard InChI is InChI=1S/C16H15F6N3O4S/c1-2-24-11(26)9-10(16(20,21)22)8(7-23-5-6-29-14(23)28)30-12(9)25(13(24)27)4-3-15(17,18)19/h2-7H2,1H3. The Hall–Kier alpha value is -2.51. The van der Waals surface area contributed by atoms with E-state index in [1.165, 1.54) is 6.92 Å². The Kier molecular flexibility index (Phi) is 5.64. The number of carbonyl (C=O) groups excluding carboxylic acids is 1. The number of alkyl halides is 6. The Morgan fingerprint density at radius 1 is 1.07 bits per heavy atom. The Bertz CT molecular complexity index is 1100. The number of aryl methyl sites for hydroxylation is 1. The molecule has 1 aliphatic heterocycles. The normalized spacial score (nSPS) is 15.3. The number of thiophene rings is 1. The molecule has 1 fully saturated rings. The average Bonchev–Trinajstić information content (AvgIpc) is 3.18. The number of rotatable bonds is 5. The van der Waals surface area contributed by atoms with E-state index in [2.05, 4.69) is 4.74 Å². The maximum absolute atomic E-state index is 13.9. The minimum atomic E-state index is -5.03. The highest BCUT2D eigenvalue weighted by Gasteiger charge is 2.41. The van der Waals surface area contributed by atoms with Gasteiger partial charge in [-0.05, 0) is 6.92 Å². The summed E-state index contributed by atoms with van der Waals surface area (Å²) < 4.78 is 85.4. The predicted octanol–water partition coefficient (Wildman–Crippen LogP) is 3.17. The molecule has 1 aliphatic rings. The topological polar surface area (TPSA) is 73.5 Å². The molecule has 0 bridgehead atoms. The van der Waals surface area contributed by atoms with Gasteiger partial charge < -0.3 is 4.74 Å².